The summed E-state index contributed by atoms with van der Waals surface area (Å²) >= 11 is 0. The molecule has 3 N–H and O–H groups in total. The number of para-hydroxylation sites is 1. The molecule has 0 radical (unpaired) electrons. The third-order valence-corrected chi connectivity index (χ3v) is 3.25. The van der Waals surface area contributed by atoms with Crippen LogP contribution in [0, 0.1) is 6.92 Å². The predicted molar refractivity (Wildman–Crippen MR) is 85.8 cm³/mol. The molecule has 0 aliphatic carbocycles. The number of nitrogens with two attached hydrogens (primary N) is 1. The van der Waals surface area contributed by atoms with Crippen molar-refractivity contribution in [3.05, 3.63) is 65.2 Å². The third-order valence-electron chi connectivity index (χ3n) is 3.25. The smallest absolute Gasteiger partial charge is 0.335 e. The standard InChI is InChI=1S/C17H16N2O4/c1-11-4-2-3-5-15(11)23-10-14(20)16(19-18)12-6-8-13(9-7-12)17(21)22/h2-9H,10,18H2,1H3,(H,21,22)/b19-16+. The van der Waals surface area contributed by atoms with E-state index in [2.05, 4.69) is 5.10 Å². The van der Waals surface area contributed by atoms with Gasteiger partial charge in [-0.15, -0.1) is 0 Å². The van der Waals surface area contributed by atoms with Gasteiger partial charge in [0.05, 0.1) is 5.56 Å². The number of rotatable bonds is 6. The lowest BCUT2D eigenvalue weighted by atomic mass is 10.0. The van der Waals surface area contributed by atoms with Gasteiger partial charge in [-0.05, 0) is 30.7 Å². The molecule has 0 saturated heterocycles. The topological polar surface area (TPSA) is 102 Å². The molecule has 0 amide bonds. The van der Waals surface area contributed by atoms with Gasteiger partial charge in [0, 0.05) is 5.56 Å². The number of aryl methyl sites for hydroxylation is 1. The first-order valence-electron chi connectivity index (χ1n) is 6.86. The molecule has 0 aromatic heterocycles. The van der Waals surface area contributed by atoms with E-state index in [4.69, 9.17) is 15.7 Å². The van der Waals surface area contributed by atoms with Gasteiger partial charge in [0.15, 0.2) is 6.61 Å². The van der Waals surface area contributed by atoms with Crippen molar-refractivity contribution in [3.8, 4) is 5.75 Å². The van der Waals surface area contributed by atoms with Gasteiger partial charge < -0.3 is 15.7 Å². The molecule has 0 heterocycles. The molecule has 0 spiro atoms. The Balaban J connectivity index is 2.10. The van der Waals surface area contributed by atoms with E-state index in [0.717, 1.165) is 5.56 Å². The number of carboxylic acid groups (broad SMARTS) is 1. The largest absolute Gasteiger partial charge is 0.485 e. The SMILES string of the molecule is Cc1ccccc1OCC(=O)/C(=N/N)c1ccc(C(=O)O)cc1. The molecule has 118 valence electrons. The molecule has 0 atom stereocenters. The van der Waals surface area contributed by atoms with E-state index in [1.54, 1.807) is 6.07 Å². The summed E-state index contributed by atoms with van der Waals surface area (Å²) in [6.07, 6.45) is 0. The molecule has 6 nitrogen and oxygen atoms in total. The lowest BCUT2D eigenvalue weighted by Gasteiger charge is -2.09. The van der Waals surface area contributed by atoms with E-state index in [1.807, 2.05) is 25.1 Å². The van der Waals surface area contributed by atoms with Crippen LogP contribution in [0.3, 0.4) is 0 Å². The summed E-state index contributed by atoms with van der Waals surface area (Å²) in [5.74, 6) is 4.47. The number of aromatic carboxylic acids is 1. The van der Waals surface area contributed by atoms with Crippen LogP contribution in [0.25, 0.3) is 0 Å². The second-order valence-corrected chi connectivity index (χ2v) is 4.84. The van der Waals surface area contributed by atoms with E-state index in [1.165, 1.54) is 24.3 Å². The molecule has 6 heteroatoms. The number of carbonyl (C=O) groups is 2. The van der Waals surface area contributed by atoms with Crippen molar-refractivity contribution in [2.45, 2.75) is 6.92 Å². The molecule has 0 aliphatic rings. The Bertz CT molecular complexity index is 751. The minimum atomic E-state index is -1.04. The Morgan fingerprint density at radius 2 is 1.70 bits per heavy atom. The molecular formula is C17H16N2O4. The Morgan fingerprint density at radius 1 is 1.09 bits per heavy atom. The van der Waals surface area contributed by atoms with Crippen molar-refractivity contribution in [2.24, 2.45) is 10.9 Å². The number of hydrazone groups is 1. The maximum atomic E-state index is 12.2. The second kappa shape index (κ2) is 7.22. The number of Topliss-reactive ketones (excluding diaryl/α,β-unsaturated/α-hetero) is 1. The first kappa shape index (κ1) is 16.2. The average molecular weight is 312 g/mol. The van der Waals surface area contributed by atoms with Gasteiger partial charge in [0.25, 0.3) is 0 Å². The van der Waals surface area contributed by atoms with Gasteiger partial charge in [0.1, 0.15) is 11.5 Å². The van der Waals surface area contributed by atoms with Gasteiger partial charge in [-0.1, -0.05) is 30.3 Å². The lowest BCUT2D eigenvalue weighted by molar-refractivity contribution is -0.114. The van der Waals surface area contributed by atoms with Gasteiger partial charge in [-0.25, -0.2) is 4.79 Å². The first-order valence-corrected chi connectivity index (χ1v) is 6.86. The average Bonchev–Trinajstić information content (AvgIpc) is 2.55. The molecule has 0 fully saturated rings. The monoisotopic (exact) mass is 312 g/mol. The van der Waals surface area contributed by atoms with E-state index in [-0.39, 0.29) is 23.7 Å². The van der Waals surface area contributed by atoms with Crippen LogP contribution in [-0.2, 0) is 4.79 Å². The van der Waals surface area contributed by atoms with Gasteiger partial charge in [-0.3, -0.25) is 4.79 Å². The zero-order chi connectivity index (χ0) is 16.8. The molecule has 0 saturated carbocycles. The second-order valence-electron chi connectivity index (χ2n) is 4.84. The Hall–Kier alpha value is -3.15. The molecular weight excluding hydrogens is 296 g/mol. The number of ether oxygens (including phenoxy) is 1. The summed E-state index contributed by atoms with van der Waals surface area (Å²) in [6.45, 7) is 1.67. The number of hydrogen-bond donors (Lipinski definition) is 2. The summed E-state index contributed by atoms with van der Waals surface area (Å²) in [5.41, 5.74) is 1.51. The fourth-order valence-corrected chi connectivity index (χ4v) is 2.01. The highest BCUT2D eigenvalue weighted by Crippen LogP contribution is 2.16. The summed E-state index contributed by atoms with van der Waals surface area (Å²) in [7, 11) is 0. The molecule has 0 bridgehead atoms. The number of nitrogens with zero attached hydrogens (tertiary/aromatic N) is 1. The zero-order valence-electron chi connectivity index (χ0n) is 12.5. The first-order chi connectivity index (χ1) is 11.0. The number of carboxylic acids is 1. The maximum Gasteiger partial charge on any atom is 0.335 e. The minimum Gasteiger partial charge on any atom is -0.485 e. The zero-order valence-corrected chi connectivity index (χ0v) is 12.5. The highest BCUT2D eigenvalue weighted by atomic mass is 16.5. The Morgan fingerprint density at radius 3 is 2.26 bits per heavy atom. The molecule has 2 rings (SSSR count). The number of ketones is 1. The fraction of sp³-hybridized carbons (Fsp3) is 0.118. The van der Waals surface area contributed by atoms with E-state index >= 15 is 0 Å². The lowest BCUT2D eigenvalue weighted by Crippen LogP contribution is -2.24. The van der Waals surface area contributed by atoms with Crippen LogP contribution in [0.2, 0.25) is 0 Å². The number of hydrogen-bond acceptors (Lipinski definition) is 5. The van der Waals surface area contributed by atoms with Crippen molar-refractivity contribution in [3.63, 3.8) is 0 Å². The van der Waals surface area contributed by atoms with Crippen LogP contribution >= 0.6 is 0 Å². The van der Waals surface area contributed by atoms with Crippen LogP contribution < -0.4 is 10.6 Å². The van der Waals surface area contributed by atoms with Crippen LogP contribution in [-0.4, -0.2) is 29.2 Å². The van der Waals surface area contributed by atoms with E-state index < -0.39 is 5.97 Å². The number of benzene rings is 2. The predicted octanol–water partition coefficient (Wildman–Crippen LogP) is 2.00. The molecule has 0 unspecified atom stereocenters. The molecule has 0 aliphatic heterocycles. The highest BCUT2D eigenvalue weighted by Gasteiger charge is 2.16. The van der Waals surface area contributed by atoms with Crippen molar-refractivity contribution >= 4 is 17.5 Å². The van der Waals surface area contributed by atoms with Gasteiger partial charge in [-0.2, -0.15) is 5.10 Å². The van der Waals surface area contributed by atoms with Crippen LogP contribution in [0.5, 0.6) is 5.75 Å². The maximum absolute atomic E-state index is 12.2. The highest BCUT2D eigenvalue weighted by molar-refractivity contribution is 6.46. The van der Waals surface area contributed by atoms with Crippen molar-refractivity contribution < 1.29 is 19.4 Å². The van der Waals surface area contributed by atoms with Crippen molar-refractivity contribution in [2.75, 3.05) is 6.61 Å². The number of carbonyl (C=O) groups excluding carboxylic acids is 1. The van der Waals surface area contributed by atoms with E-state index in [0.29, 0.717) is 11.3 Å². The fourth-order valence-electron chi connectivity index (χ4n) is 2.01. The van der Waals surface area contributed by atoms with Crippen LogP contribution in [0.15, 0.2) is 53.6 Å². The summed E-state index contributed by atoms with van der Waals surface area (Å²) in [6, 6.07) is 13.1. The summed E-state index contributed by atoms with van der Waals surface area (Å²) in [4.78, 5) is 23.1. The Labute approximate surface area is 133 Å². The van der Waals surface area contributed by atoms with Gasteiger partial charge in [0.2, 0.25) is 5.78 Å². The molecule has 2 aromatic carbocycles. The molecule has 2 aromatic rings. The van der Waals surface area contributed by atoms with Crippen molar-refractivity contribution in [1.29, 1.82) is 0 Å². The quantitative estimate of drug-likeness (QED) is 0.482. The van der Waals surface area contributed by atoms with E-state index in [9.17, 15) is 9.59 Å². The normalized spacial score (nSPS) is 11.1. The summed E-state index contributed by atoms with van der Waals surface area (Å²) < 4.78 is 5.48. The Kier molecular flexibility index (Phi) is 5.09. The molecule has 23 heavy (non-hydrogen) atoms. The summed E-state index contributed by atoms with van der Waals surface area (Å²) in [5, 5.41) is 12.4. The third kappa shape index (κ3) is 3.94. The van der Waals surface area contributed by atoms with Crippen LogP contribution in [0.4, 0.5) is 0 Å². The minimum absolute atomic E-state index is 0.0375. The van der Waals surface area contributed by atoms with Crippen molar-refractivity contribution in [1.82, 2.24) is 0 Å². The van der Waals surface area contributed by atoms with Gasteiger partial charge >= 0.3 is 5.97 Å². The van der Waals surface area contributed by atoms with Crippen LogP contribution in [0.1, 0.15) is 21.5 Å².